The van der Waals surface area contributed by atoms with Gasteiger partial charge in [0.15, 0.2) is 0 Å². The molecule has 1 saturated heterocycles. The predicted molar refractivity (Wildman–Crippen MR) is 160 cm³/mol. The minimum absolute atomic E-state index is 0.0302. The van der Waals surface area contributed by atoms with Crippen LogP contribution in [0.25, 0.3) is 0 Å². The lowest BCUT2D eigenvalue weighted by Crippen LogP contribution is -2.69. The number of carboxylic acid groups (broad SMARTS) is 1. The molecule has 2 aliphatic rings. The summed E-state index contributed by atoms with van der Waals surface area (Å²) >= 11 is 0. The molecule has 2 atom stereocenters. The molecule has 4 N–H and O–H groups in total. The maximum atomic E-state index is 14.7. The van der Waals surface area contributed by atoms with Crippen LogP contribution in [0.2, 0.25) is 0 Å². The molecular weight excluding hydrogens is 668 g/mol. The molecule has 1 heterocycles. The zero-order chi connectivity index (χ0) is 36.5. The van der Waals surface area contributed by atoms with Crippen LogP contribution >= 0.6 is 0 Å². The summed E-state index contributed by atoms with van der Waals surface area (Å²) in [6, 6.07) is 3.93. The number of benzene rings is 2. The smallest absolute Gasteiger partial charge is 0.430 e. The molecule has 266 valence electrons. The van der Waals surface area contributed by atoms with Crippen molar-refractivity contribution in [1.82, 2.24) is 15.1 Å². The third-order valence-electron chi connectivity index (χ3n) is 8.18. The van der Waals surface area contributed by atoms with E-state index in [-0.39, 0.29) is 27.8 Å². The standard InChI is InChI=1S/C31H33F6N5O7/c1-16-6-4-5-7-20(16)39-27(47)40-21-11-10-19(14-23(21)49-3)15-41-28(48)42(26(46)29(41,30(32,33)34)31(35,36)37)22(13-18-8-9-18)25(45)38-17(2)12-24(43)44/h4-7,10-11,14,17-18,22H,8-9,12-13,15H2,1-3H3,(H,38,45)(H,43,44)(H2,39,40,47). The van der Waals surface area contributed by atoms with Gasteiger partial charge in [-0.15, -0.1) is 0 Å². The number of carboxylic acids is 1. The van der Waals surface area contributed by atoms with E-state index < -0.39 is 84.1 Å². The third-order valence-corrected chi connectivity index (χ3v) is 8.18. The molecule has 1 saturated carbocycles. The minimum atomic E-state index is -6.40. The molecule has 18 heteroatoms. The van der Waals surface area contributed by atoms with Gasteiger partial charge in [-0.05, 0) is 55.5 Å². The molecule has 2 unspecified atom stereocenters. The van der Waals surface area contributed by atoms with Crippen molar-refractivity contribution in [3.05, 3.63) is 53.6 Å². The predicted octanol–water partition coefficient (Wildman–Crippen LogP) is 5.42. The number of methoxy groups -OCH3 is 1. The summed E-state index contributed by atoms with van der Waals surface area (Å²) in [4.78, 5) is 63.1. The number of rotatable bonds is 12. The lowest BCUT2D eigenvalue weighted by Gasteiger charge is -2.37. The van der Waals surface area contributed by atoms with Gasteiger partial charge in [-0.3, -0.25) is 19.3 Å². The number of urea groups is 2. The van der Waals surface area contributed by atoms with E-state index in [1.165, 1.54) is 6.92 Å². The Labute approximate surface area is 275 Å². The fourth-order valence-electron chi connectivity index (χ4n) is 5.58. The molecule has 4 rings (SSSR count). The average Bonchev–Trinajstić information content (AvgIpc) is 3.77. The summed E-state index contributed by atoms with van der Waals surface area (Å²) in [6.07, 6.45) is -13.0. The molecule has 0 radical (unpaired) electrons. The second-order valence-corrected chi connectivity index (χ2v) is 11.9. The monoisotopic (exact) mass is 701 g/mol. The van der Waals surface area contributed by atoms with Crippen LogP contribution < -0.4 is 20.7 Å². The molecule has 0 bridgehead atoms. The van der Waals surface area contributed by atoms with E-state index in [0.717, 1.165) is 30.9 Å². The highest BCUT2D eigenvalue weighted by atomic mass is 19.4. The highest BCUT2D eigenvalue weighted by Gasteiger charge is 2.84. The van der Waals surface area contributed by atoms with E-state index in [9.17, 15) is 50.3 Å². The van der Waals surface area contributed by atoms with Crippen LogP contribution in [0.5, 0.6) is 5.75 Å². The number of aryl methyl sites for hydroxylation is 1. The SMILES string of the molecule is COc1cc(CN2C(=O)N(C(CC3CC3)C(=O)NC(C)CC(=O)O)C(=O)C2(C(F)(F)F)C(F)(F)F)ccc1NC(=O)Nc1ccccc1C. The van der Waals surface area contributed by atoms with Crippen LogP contribution in [0.15, 0.2) is 42.5 Å². The van der Waals surface area contributed by atoms with Gasteiger partial charge in [-0.2, -0.15) is 26.3 Å². The second kappa shape index (κ2) is 13.8. The first kappa shape index (κ1) is 36.8. The maximum absolute atomic E-state index is 14.7. The van der Waals surface area contributed by atoms with Gasteiger partial charge in [0.2, 0.25) is 5.91 Å². The van der Waals surface area contributed by atoms with Crippen LogP contribution in [0.3, 0.4) is 0 Å². The van der Waals surface area contributed by atoms with Crippen LogP contribution in [-0.4, -0.2) is 81.8 Å². The van der Waals surface area contributed by atoms with Crippen molar-refractivity contribution in [2.24, 2.45) is 5.92 Å². The zero-order valence-electron chi connectivity index (χ0n) is 26.4. The second-order valence-electron chi connectivity index (χ2n) is 11.9. The summed E-state index contributed by atoms with van der Waals surface area (Å²) in [5, 5.41) is 16.3. The Kier molecular flexibility index (Phi) is 10.4. The highest BCUT2D eigenvalue weighted by Crippen LogP contribution is 2.53. The van der Waals surface area contributed by atoms with Gasteiger partial charge in [-0.1, -0.05) is 37.1 Å². The quantitative estimate of drug-likeness (QED) is 0.170. The number of halogens is 6. The van der Waals surface area contributed by atoms with Crippen molar-refractivity contribution in [1.29, 1.82) is 0 Å². The number of carbonyl (C=O) groups excluding carboxylic acids is 4. The number of para-hydroxylation sites is 1. The molecule has 0 spiro atoms. The molecule has 49 heavy (non-hydrogen) atoms. The van der Waals surface area contributed by atoms with Crippen LogP contribution in [-0.2, 0) is 20.9 Å². The Bertz CT molecular complexity index is 1610. The van der Waals surface area contributed by atoms with Crippen molar-refractivity contribution in [2.75, 3.05) is 17.7 Å². The number of anilines is 2. The van der Waals surface area contributed by atoms with Gasteiger partial charge in [0.1, 0.15) is 11.8 Å². The van der Waals surface area contributed by atoms with E-state index in [2.05, 4.69) is 16.0 Å². The number of nitrogens with zero attached hydrogens (tertiary/aromatic N) is 2. The number of nitrogens with one attached hydrogen (secondary N) is 3. The number of hydrogen-bond donors (Lipinski definition) is 4. The summed E-state index contributed by atoms with van der Waals surface area (Å²) in [5.41, 5.74) is -4.57. The van der Waals surface area contributed by atoms with Gasteiger partial charge >= 0.3 is 35.9 Å². The van der Waals surface area contributed by atoms with E-state index in [1.807, 2.05) is 0 Å². The molecule has 2 aromatic carbocycles. The molecule has 6 amide bonds. The van der Waals surface area contributed by atoms with E-state index in [0.29, 0.717) is 18.5 Å². The Morgan fingerprint density at radius 1 is 1.00 bits per heavy atom. The minimum Gasteiger partial charge on any atom is -0.495 e. The van der Waals surface area contributed by atoms with E-state index in [4.69, 9.17) is 9.84 Å². The van der Waals surface area contributed by atoms with E-state index in [1.54, 1.807) is 31.2 Å². The Morgan fingerprint density at radius 2 is 1.61 bits per heavy atom. The summed E-state index contributed by atoms with van der Waals surface area (Å²) in [7, 11) is 1.12. The first-order chi connectivity index (χ1) is 22.8. The zero-order valence-corrected chi connectivity index (χ0v) is 26.4. The van der Waals surface area contributed by atoms with Crippen LogP contribution in [0.4, 0.5) is 47.3 Å². The Morgan fingerprint density at radius 3 is 2.16 bits per heavy atom. The fraction of sp³-hybridized carbons (Fsp3) is 0.452. The fourth-order valence-corrected chi connectivity index (χ4v) is 5.58. The topological polar surface area (TPSA) is 157 Å². The largest absolute Gasteiger partial charge is 0.495 e. The molecule has 2 fully saturated rings. The first-order valence-electron chi connectivity index (χ1n) is 14.9. The van der Waals surface area contributed by atoms with Gasteiger partial charge in [0, 0.05) is 18.3 Å². The first-order valence-corrected chi connectivity index (χ1v) is 14.9. The van der Waals surface area contributed by atoms with Crippen molar-refractivity contribution in [2.45, 2.75) is 76.1 Å². The molecule has 1 aliphatic heterocycles. The third kappa shape index (κ3) is 7.51. The number of carbonyl (C=O) groups is 5. The molecular formula is C31H33F6N5O7. The van der Waals surface area contributed by atoms with Gasteiger partial charge < -0.3 is 25.8 Å². The average molecular weight is 702 g/mol. The lowest BCUT2D eigenvalue weighted by atomic mass is 9.94. The molecule has 1 aliphatic carbocycles. The number of ether oxygens (including phenoxy) is 1. The van der Waals surface area contributed by atoms with Crippen LogP contribution in [0.1, 0.15) is 43.7 Å². The van der Waals surface area contributed by atoms with Crippen molar-refractivity contribution in [3.8, 4) is 5.75 Å². The summed E-state index contributed by atoms with van der Waals surface area (Å²) in [5.74, 6) is -5.91. The number of amides is 6. The number of hydrogen-bond acceptors (Lipinski definition) is 6. The highest BCUT2D eigenvalue weighted by molar-refractivity contribution is 6.11. The number of alkyl halides is 6. The number of imide groups is 1. The maximum Gasteiger partial charge on any atom is 0.430 e. The van der Waals surface area contributed by atoms with Gasteiger partial charge in [0.05, 0.1) is 19.2 Å². The Hall–Kier alpha value is -5.03. The summed E-state index contributed by atoms with van der Waals surface area (Å²) < 4.78 is 93.5. The van der Waals surface area contributed by atoms with Gasteiger partial charge in [-0.25, -0.2) is 14.5 Å². The van der Waals surface area contributed by atoms with Crippen molar-refractivity contribution >= 4 is 41.2 Å². The lowest BCUT2D eigenvalue weighted by molar-refractivity contribution is -0.315. The van der Waals surface area contributed by atoms with Crippen molar-refractivity contribution < 1.29 is 60.2 Å². The molecule has 2 aromatic rings. The van der Waals surface area contributed by atoms with Crippen LogP contribution in [0, 0.1) is 12.8 Å². The Balaban J connectivity index is 1.71. The van der Waals surface area contributed by atoms with Crippen molar-refractivity contribution in [3.63, 3.8) is 0 Å². The van der Waals surface area contributed by atoms with Gasteiger partial charge in [0.25, 0.3) is 5.91 Å². The molecule has 0 aromatic heterocycles. The molecule has 12 nitrogen and oxygen atoms in total. The number of aliphatic carboxylic acids is 1. The summed E-state index contributed by atoms with van der Waals surface area (Å²) in [6.45, 7) is 1.55. The normalized spacial score (nSPS) is 17.4. The van der Waals surface area contributed by atoms with E-state index >= 15 is 0 Å².